The number of nitrogens with one attached hydrogen (secondary N) is 2. The Kier molecular flexibility index (Phi) is 11.8. The summed E-state index contributed by atoms with van der Waals surface area (Å²) in [5.74, 6) is -0.261. The monoisotopic (exact) mass is 918 g/mol. The molecule has 0 bridgehead atoms. The number of halogens is 2. The number of hydrogen-bond donors (Lipinski definition) is 2. The Hall–Kier alpha value is -6.80. The van der Waals surface area contributed by atoms with Gasteiger partial charge in [-0.2, -0.15) is 10.2 Å². The van der Waals surface area contributed by atoms with Crippen molar-refractivity contribution in [3.8, 4) is 34.5 Å². The molecule has 16 nitrogen and oxygen atoms in total. The lowest BCUT2D eigenvalue weighted by molar-refractivity contribution is 0.101. The maximum atomic E-state index is 14.3. The predicted octanol–water partition coefficient (Wildman–Crippen LogP) is 7.44. The summed E-state index contributed by atoms with van der Waals surface area (Å²) in [5.41, 5.74) is 0.819. The minimum absolute atomic E-state index is 0.101. The van der Waals surface area contributed by atoms with E-state index in [9.17, 15) is 35.2 Å². The standard InChI is InChI=1S/2C22H22FN3O5S/c1-22(2)12-15-17(30-14-5-6-19(16(23)11-14)32(4,28)29)9-13(10-18(15)31-22)21(27)24-20-7-8-26(3)25-20;1-22(2)12-15-16(30-18-11-14(23)5-6-19(18)32(4,28)29)9-13(10-17(15)31-22)21(27)24-20-7-8-26(3)25-20/h2*5-11H,12H2,1-4H3,(H,24,25,27). The van der Waals surface area contributed by atoms with Crippen LogP contribution in [-0.4, -0.2) is 71.9 Å². The van der Waals surface area contributed by atoms with Crippen molar-refractivity contribution < 1.29 is 54.2 Å². The molecule has 6 aromatic rings. The van der Waals surface area contributed by atoms with Crippen molar-refractivity contribution in [2.75, 3.05) is 23.1 Å². The number of nitrogens with zero attached hydrogens (tertiary/aromatic N) is 4. The molecule has 2 aliphatic rings. The SMILES string of the molecule is Cn1ccc(NC(=O)c2cc(Oc3cc(F)ccc3S(C)(=O)=O)c3c(c2)OC(C)(C)C3)n1.Cn1ccc(NC(=O)c2cc(Oc3ccc(S(C)(=O)=O)c(F)c3)c3c(c2)OC(C)(C)C3)n1. The molecule has 2 amide bonds. The third-order valence-electron chi connectivity index (χ3n) is 9.80. The zero-order valence-corrected chi connectivity index (χ0v) is 37.6. The number of fused-ring (bicyclic) bond motifs is 2. The molecule has 0 saturated heterocycles. The minimum Gasteiger partial charge on any atom is -0.487 e. The van der Waals surface area contributed by atoms with Gasteiger partial charge in [0.15, 0.2) is 31.3 Å². The fourth-order valence-electron chi connectivity index (χ4n) is 7.03. The van der Waals surface area contributed by atoms with Crippen molar-refractivity contribution in [3.05, 3.63) is 119 Å². The molecule has 336 valence electrons. The first kappa shape index (κ1) is 45.2. The number of benzene rings is 4. The Labute approximate surface area is 367 Å². The molecule has 0 radical (unpaired) electrons. The highest BCUT2D eigenvalue weighted by Crippen LogP contribution is 2.45. The van der Waals surface area contributed by atoms with Gasteiger partial charge in [0.05, 0.1) is 0 Å². The number of rotatable bonds is 10. The first-order valence-electron chi connectivity index (χ1n) is 19.5. The van der Waals surface area contributed by atoms with Crippen LogP contribution in [0.3, 0.4) is 0 Å². The van der Waals surface area contributed by atoms with E-state index in [4.69, 9.17) is 18.9 Å². The number of amides is 2. The van der Waals surface area contributed by atoms with Crippen LogP contribution in [0.1, 0.15) is 59.5 Å². The van der Waals surface area contributed by atoms with Crippen molar-refractivity contribution >= 4 is 43.1 Å². The lowest BCUT2D eigenvalue weighted by Crippen LogP contribution is -2.24. The van der Waals surface area contributed by atoms with Crippen LogP contribution in [-0.2, 0) is 46.6 Å². The minimum atomic E-state index is -3.71. The maximum Gasteiger partial charge on any atom is 0.257 e. The Morgan fingerprint density at radius 3 is 1.55 bits per heavy atom. The van der Waals surface area contributed by atoms with Gasteiger partial charge >= 0.3 is 0 Å². The molecular formula is C44H44F2N6O10S2. The third-order valence-corrected chi connectivity index (χ3v) is 12.1. The van der Waals surface area contributed by atoms with Crippen LogP contribution in [0.5, 0.6) is 34.5 Å². The fraction of sp³-hybridized carbons (Fsp3) is 0.273. The first-order valence-corrected chi connectivity index (χ1v) is 23.3. The molecule has 2 aromatic heterocycles. The molecule has 2 aliphatic heterocycles. The molecule has 64 heavy (non-hydrogen) atoms. The van der Waals surface area contributed by atoms with Crippen LogP contribution in [0, 0.1) is 11.6 Å². The Morgan fingerprint density at radius 2 is 1.11 bits per heavy atom. The number of sulfone groups is 2. The van der Waals surface area contributed by atoms with E-state index in [-0.39, 0.29) is 33.3 Å². The van der Waals surface area contributed by atoms with E-state index in [2.05, 4.69) is 20.8 Å². The van der Waals surface area contributed by atoms with Crippen LogP contribution >= 0.6 is 0 Å². The molecule has 0 unspecified atom stereocenters. The summed E-state index contributed by atoms with van der Waals surface area (Å²) in [5, 5.41) is 13.7. The summed E-state index contributed by atoms with van der Waals surface area (Å²) >= 11 is 0. The topological polar surface area (TPSA) is 199 Å². The summed E-state index contributed by atoms with van der Waals surface area (Å²) in [6.07, 6.45) is 6.32. The van der Waals surface area contributed by atoms with Gasteiger partial charge in [0.25, 0.3) is 11.8 Å². The number of aromatic nitrogens is 4. The average Bonchev–Trinajstić information content (AvgIpc) is 3.94. The van der Waals surface area contributed by atoms with Gasteiger partial charge in [-0.3, -0.25) is 19.0 Å². The molecule has 4 heterocycles. The van der Waals surface area contributed by atoms with E-state index >= 15 is 0 Å². The van der Waals surface area contributed by atoms with Crippen molar-refractivity contribution in [1.29, 1.82) is 0 Å². The van der Waals surface area contributed by atoms with Gasteiger partial charge in [-0.05, 0) is 76.2 Å². The van der Waals surface area contributed by atoms with Crippen LogP contribution in [0.15, 0.2) is 95.0 Å². The van der Waals surface area contributed by atoms with Gasteiger partial charge < -0.3 is 29.6 Å². The summed E-state index contributed by atoms with van der Waals surface area (Å²) in [6.45, 7) is 7.58. The van der Waals surface area contributed by atoms with Gasteiger partial charge in [-0.15, -0.1) is 0 Å². The maximum absolute atomic E-state index is 14.3. The highest BCUT2D eigenvalue weighted by atomic mass is 32.2. The number of anilines is 2. The molecule has 0 aliphatic carbocycles. The highest BCUT2D eigenvalue weighted by Gasteiger charge is 2.36. The zero-order valence-electron chi connectivity index (χ0n) is 35.9. The Morgan fingerprint density at radius 1 is 0.641 bits per heavy atom. The second kappa shape index (κ2) is 16.7. The number of carbonyl (C=O) groups is 2. The van der Waals surface area contributed by atoms with Gasteiger partial charge in [0.2, 0.25) is 0 Å². The third kappa shape index (κ3) is 10.3. The second-order valence-corrected chi connectivity index (χ2v) is 20.5. The van der Waals surface area contributed by atoms with Gasteiger partial charge in [0, 0.05) is 98.4 Å². The first-order chi connectivity index (χ1) is 29.8. The number of carbonyl (C=O) groups excluding carboxylic acids is 2. The lowest BCUT2D eigenvalue weighted by atomic mass is 9.99. The van der Waals surface area contributed by atoms with Gasteiger partial charge in [-0.25, -0.2) is 25.6 Å². The van der Waals surface area contributed by atoms with E-state index in [1.807, 2.05) is 27.7 Å². The molecule has 4 aromatic carbocycles. The van der Waals surface area contributed by atoms with Crippen LogP contribution in [0.2, 0.25) is 0 Å². The molecule has 2 N–H and O–H groups in total. The van der Waals surface area contributed by atoms with E-state index in [0.29, 0.717) is 47.3 Å². The van der Waals surface area contributed by atoms with E-state index in [1.165, 1.54) is 12.1 Å². The Bertz CT molecular complexity index is 3070. The number of aryl methyl sites for hydroxylation is 2. The summed E-state index contributed by atoms with van der Waals surface area (Å²) in [4.78, 5) is 25.1. The fourth-order valence-corrected chi connectivity index (χ4v) is 8.54. The van der Waals surface area contributed by atoms with Crippen LogP contribution < -0.4 is 29.6 Å². The van der Waals surface area contributed by atoms with Crippen molar-refractivity contribution in [2.24, 2.45) is 14.1 Å². The van der Waals surface area contributed by atoms with Crippen molar-refractivity contribution in [3.63, 3.8) is 0 Å². The van der Waals surface area contributed by atoms with E-state index < -0.39 is 59.2 Å². The quantitative estimate of drug-likeness (QED) is 0.129. The lowest BCUT2D eigenvalue weighted by Gasteiger charge is -2.16. The summed E-state index contributed by atoms with van der Waals surface area (Å²) < 4.78 is 103. The smallest absolute Gasteiger partial charge is 0.257 e. The highest BCUT2D eigenvalue weighted by molar-refractivity contribution is 7.91. The van der Waals surface area contributed by atoms with E-state index in [1.54, 1.807) is 66.2 Å². The van der Waals surface area contributed by atoms with Gasteiger partial charge in [0.1, 0.15) is 67.1 Å². The molecule has 0 fully saturated rings. The molecule has 0 atom stereocenters. The summed E-state index contributed by atoms with van der Waals surface area (Å²) in [6, 6.07) is 16.3. The molecule has 20 heteroatoms. The van der Waals surface area contributed by atoms with Crippen LogP contribution in [0.25, 0.3) is 0 Å². The second-order valence-electron chi connectivity index (χ2n) is 16.6. The predicted molar refractivity (Wildman–Crippen MR) is 231 cm³/mol. The molecule has 0 spiro atoms. The molecule has 8 rings (SSSR count). The average molecular weight is 919 g/mol. The van der Waals surface area contributed by atoms with Gasteiger partial charge in [-0.1, -0.05) is 0 Å². The normalized spacial score (nSPS) is 14.5. The molecular weight excluding hydrogens is 875 g/mol. The molecule has 0 saturated carbocycles. The largest absolute Gasteiger partial charge is 0.487 e. The zero-order chi connectivity index (χ0) is 46.5. The van der Waals surface area contributed by atoms with Crippen molar-refractivity contribution in [2.45, 2.75) is 61.5 Å². The van der Waals surface area contributed by atoms with Crippen molar-refractivity contribution in [1.82, 2.24) is 19.6 Å². The number of ether oxygens (including phenoxy) is 4. The number of hydrogen-bond acceptors (Lipinski definition) is 12. The summed E-state index contributed by atoms with van der Waals surface area (Å²) in [7, 11) is -3.93. The van der Waals surface area contributed by atoms with E-state index in [0.717, 1.165) is 48.4 Å². The van der Waals surface area contributed by atoms with Crippen LogP contribution in [0.4, 0.5) is 20.4 Å². The Balaban J connectivity index is 0.000000191.